The summed E-state index contributed by atoms with van der Waals surface area (Å²) in [6, 6.07) is 9.78. The number of benzene rings is 2. The van der Waals surface area contributed by atoms with Crippen molar-refractivity contribution >= 4 is 17.6 Å². The van der Waals surface area contributed by atoms with E-state index in [2.05, 4.69) is 10.6 Å². The van der Waals surface area contributed by atoms with E-state index in [0.29, 0.717) is 12.0 Å². The van der Waals surface area contributed by atoms with E-state index in [9.17, 15) is 23.2 Å². The Hall–Kier alpha value is -3.13. The summed E-state index contributed by atoms with van der Waals surface area (Å²) in [5.74, 6) is -3.37. The number of carbonyl (C=O) groups is 3. The van der Waals surface area contributed by atoms with Crippen molar-refractivity contribution in [3.8, 4) is 0 Å². The van der Waals surface area contributed by atoms with Gasteiger partial charge in [-0.3, -0.25) is 14.4 Å². The van der Waals surface area contributed by atoms with E-state index in [0.717, 1.165) is 17.7 Å². The lowest BCUT2D eigenvalue weighted by atomic mass is 10.0. The predicted molar refractivity (Wildman–Crippen MR) is 108 cm³/mol. The van der Waals surface area contributed by atoms with Crippen molar-refractivity contribution in [3.05, 3.63) is 71.3 Å². The second-order valence-corrected chi connectivity index (χ2v) is 7.15. The van der Waals surface area contributed by atoms with Crippen LogP contribution < -0.4 is 16.4 Å². The minimum atomic E-state index is -1.06. The van der Waals surface area contributed by atoms with Crippen molar-refractivity contribution in [1.29, 1.82) is 0 Å². The number of nitrogens with two attached hydrogens (primary N) is 1. The first-order chi connectivity index (χ1) is 14.2. The Balaban J connectivity index is 1.91. The summed E-state index contributed by atoms with van der Waals surface area (Å²) >= 11 is 0. The van der Waals surface area contributed by atoms with Crippen LogP contribution in [0.15, 0.2) is 48.5 Å². The highest BCUT2D eigenvalue weighted by molar-refractivity contribution is 5.92. The van der Waals surface area contributed by atoms with Gasteiger partial charge in [0.1, 0.15) is 6.04 Å². The van der Waals surface area contributed by atoms with Crippen LogP contribution in [0.1, 0.15) is 25.0 Å². The van der Waals surface area contributed by atoms with E-state index in [1.807, 2.05) is 30.3 Å². The first-order valence-corrected chi connectivity index (χ1v) is 9.52. The predicted octanol–water partition coefficient (Wildman–Crippen LogP) is 1.66. The van der Waals surface area contributed by atoms with Crippen molar-refractivity contribution in [2.24, 2.45) is 5.73 Å². The molecule has 0 bridgehead atoms. The van der Waals surface area contributed by atoms with Crippen LogP contribution in [0.5, 0.6) is 0 Å². The van der Waals surface area contributed by atoms with Gasteiger partial charge >= 0.3 is 0 Å². The van der Waals surface area contributed by atoms with Gasteiger partial charge < -0.3 is 16.4 Å². The second-order valence-electron chi connectivity index (χ2n) is 7.15. The molecule has 0 radical (unpaired) electrons. The van der Waals surface area contributed by atoms with Gasteiger partial charge in [-0.25, -0.2) is 8.78 Å². The van der Waals surface area contributed by atoms with E-state index in [1.165, 1.54) is 19.9 Å². The maximum absolute atomic E-state index is 13.3. The summed E-state index contributed by atoms with van der Waals surface area (Å²) in [4.78, 5) is 36.6. The van der Waals surface area contributed by atoms with Gasteiger partial charge in [0, 0.05) is 0 Å². The van der Waals surface area contributed by atoms with Crippen LogP contribution in [0.3, 0.4) is 0 Å². The molecule has 160 valence electrons. The fraction of sp³-hybridized carbons (Fsp3) is 0.318. The van der Waals surface area contributed by atoms with Gasteiger partial charge in [0.2, 0.25) is 11.8 Å². The molecule has 1 unspecified atom stereocenters. The van der Waals surface area contributed by atoms with Crippen LogP contribution in [0, 0.1) is 11.6 Å². The molecule has 0 heterocycles. The summed E-state index contributed by atoms with van der Waals surface area (Å²) in [5.41, 5.74) is 7.07. The highest BCUT2D eigenvalue weighted by atomic mass is 19.2. The van der Waals surface area contributed by atoms with Gasteiger partial charge in [0.05, 0.1) is 12.1 Å². The number of rotatable bonds is 9. The first-order valence-electron chi connectivity index (χ1n) is 9.52. The molecule has 0 spiro atoms. The largest absolute Gasteiger partial charge is 0.344 e. The number of nitrogens with one attached hydrogen (secondary N) is 2. The Kier molecular flexibility index (Phi) is 8.17. The molecule has 4 N–H and O–H groups in total. The van der Waals surface area contributed by atoms with E-state index in [-0.39, 0.29) is 12.2 Å². The maximum Gasteiger partial charge on any atom is 0.242 e. The van der Waals surface area contributed by atoms with Crippen LogP contribution in [0.2, 0.25) is 0 Å². The lowest BCUT2D eigenvalue weighted by molar-refractivity contribution is -0.131. The number of ketones is 1. The Morgan fingerprint density at radius 3 is 2.17 bits per heavy atom. The van der Waals surface area contributed by atoms with Crippen molar-refractivity contribution in [3.63, 3.8) is 0 Å². The Morgan fingerprint density at radius 1 is 0.900 bits per heavy atom. The summed E-state index contributed by atoms with van der Waals surface area (Å²) < 4.78 is 26.3. The van der Waals surface area contributed by atoms with Crippen molar-refractivity contribution in [2.75, 3.05) is 0 Å². The average molecular weight is 417 g/mol. The summed E-state index contributed by atoms with van der Waals surface area (Å²) in [5, 5.41) is 5.12. The molecule has 0 aliphatic rings. The van der Waals surface area contributed by atoms with Gasteiger partial charge in [0.25, 0.3) is 0 Å². The molecule has 0 saturated heterocycles. The van der Waals surface area contributed by atoms with Crippen LogP contribution >= 0.6 is 0 Å². The van der Waals surface area contributed by atoms with Crippen molar-refractivity contribution < 1.29 is 23.2 Å². The molecular weight excluding hydrogens is 392 g/mol. The van der Waals surface area contributed by atoms with Gasteiger partial charge in [0.15, 0.2) is 17.4 Å². The molecule has 2 rings (SSSR count). The third-order valence-electron chi connectivity index (χ3n) is 4.62. The maximum atomic E-state index is 13.3. The fourth-order valence-corrected chi connectivity index (χ4v) is 2.84. The zero-order chi connectivity index (χ0) is 22.3. The van der Waals surface area contributed by atoms with Gasteiger partial charge in [-0.1, -0.05) is 36.4 Å². The van der Waals surface area contributed by atoms with E-state index < -0.39 is 41.6 Å². The topological polar surface area (TPSA) is 101 Å². The Morgan fingerprint density at radius 2 is 1.57 bits per heavy atom. The number of hydrogen-bond donors (Lipinski definition) is 3. The van der Waals surface area contributed by atoms with Gasteiger partial charge in [-0.2, -0.15) is 0 Å². The lowest BCUT2D eigenvalue weighted by Crippen LogP contribution is -2.53. The van der Waals surface area contributed by atoms with Gasteiger partial charge in [-0.15, -0.1) is 0 Å². The van der Waals surface area contributed by atoms with Crippen LogP contribution in [0.25, 0.3) is 0 Å². The molecular formula is C22H25F2N3O3. The molecule has 8 heteroatoms. The smallest absolute Gasteiger partial charge is 0.242 e. The first kappa shape index (κ1) is 23.2. The zero-order valence-electron chi connectivity index (χ0n) is 16.8. The molecule has 6 nitrogen and oxygen atoms in total. The number of carbonyl (C=O) groups excluding carboxylic acids is 3. The van der Waals surface area contributed by atoms with Crippen molar-refractivity contribution in [2.45, 2.75) is 44.8 Å². The molecule has 0 fully saturated rings. The molecule has 0 aliphatic heterocycles. The normalized spacial score (nSPS) is 13.8. The number of hydrogen-bond acceptors (Lipinski definition) is 4. The quantitative estimate of drug-likeness (QED) is 0.578. The summed E-state index contributed by atoms with van der Waals surface area (Å²) in [7, 11) is 0. The van der Waals surface area contributed by atoms with Gasteiger partial charge in [-0.05, 0) is 49.9 Å². The van der Waals surface area contributed by atoms with Crippen LogP contribution in [0.4, 0.5) is 8.78 Å². The number of Topliss-reactive ketones (excluding diaryl/α,β-unsaturated/α-hetero) is 1. The molecule has 3 atom stereocenters. The third-order valence-corrected chi connectivity index (χ3v) is 4.62. The fourth-order valence-electron chi connectivity index (χ4n) is 2.84. The van der Waals surface area contributed by atoms with Crippen molar-refractivity contribution in [1.82, 2.24) is 10.6 Å². The SMILES string of the molecule is CC(=O)[C@@H](Cc1ccccc1)NC(=O)C(C)NC(=O)[C@H](N)Cc1ccc(F)c(F)c1. The van der Waals surface area contributed by atoms with E-state index >= 15 is 0 Å². The molecule has 0 aliphatic carbocycles. The monoisotopic (exact) mass is 417 g/mol. The summed E-state index contributed by atoms with van der Waals surface area (Å²) in [6.07, 6.45) is 0.305. The van der Waals surface area contributed by atoms with Crippen LogP contribution in [-0.4, -0.2) is 35.7 Å². The Bertz CT molecular complexity index is 906. The average Bonchev–Trinajstić information content (AvgIpc) is 2.70. The highest BCUT2D eigenvalue weighted by Crippen LogP contribution is 2.10. The molecule has 2 aromatic rings. The Labute approximate surface area is 173 Å². The van der Waals surface area contributed by atoms with E-state index in [4.69, 9.17) is 5.73 Å². The summed E-state index contributed by atoms with van der Waals surface area (Å²) in [6.45, 7) is 2.85. The molecule has 2 aromatic carbocycles. The minimum absolute atomic E-state index is 0.0263. The minimum Gasteiger partial charge on any atom is -0.344 e. The third kappa shape index (κ3) is 6.73. The second kappa shape index (κ2) is 10.6. The lowest BCUT2D eigenvalue weighted by Gasteiger charge is -2.21. The molecule has 30 heavy (non-hydrogen) atoms. The molecule has 0 aromatic heterocycles. The zero-order valence-corrected chi connectivity index (χ0v) is 16.8. The number of amides is 2. The number of halogens is 2. The standard InChI is InChI=1S/C22H25F2N3O3/c1-13(21(29)27-20(14(2)28)12-15-6-4-3-5-7-15)26-22(30)19(25)11-16-8-9-17(23)18(24)10-16/h3-10,13,19-20H,11-12,25H2,1-2H3,(H,26,30)(H,27,29)/t13?,19-,20-/m1/s1. The molecule has 0 saturated carbocycles. The van der Waals surface area contributed by atoms with Crippen LogP contribution in [-0.2, 0) is 27.2 Å². The van der Waals surface area contributed by atoms with E-state index in [1.54, 1.807) is 0 Å². The molecule has 2 amide bonds. The highest BCUT2D eigenvalue weighted by Gasteiger charge is 2.24.